The molecule has 3 N–H and O–H groups in total. The normalized spacial score (nSPS) is 18.1. The Morgan fingerprint density at radius 2 is 2.05 bits per heavy atom. The van der Waals surface area contributed by atoms with Crippen LogP contribution in [0.5, 0.6) is 0 Å². The summed E-state index contributed by atoms with van der Waals surface area (Å²) in [6.07, 6.45) is 4.16. The number of nitrogens with one attached hydrogen (secondary N) is 1. The van der Waals surface area contributed by atoms with Gasteiger partial charge in [-0.05, 0) is 47.7 Å². The summed E-state index contributed by atoms with van der Waals surface area (Å²) >= 11 is 8.90. The Balaban J connectivity index is 2.31. The molecule has 0 bridgehead atoms. The van der Waals surface area contributed by atoms with E-state index >= 15 is 0 Å². The molecule has 0 saturated heterocycles. The SMILES string of the molecule is CC(NS(=O)(=O)c1cc(Cl)c(Br)c(N)c1F)C1CCCC1. The Bertz CT molecular complexity index is 648. The van der Waals surface area contributed by atoms with E-state index in [1.165, 1.54) is 0 Å². The van der Waals surface area contributed by atoms with Crippen LogP contribution in [0, 0.1) is 11.7 Å². The first-order valence-corrected chi connectivity index (χ1v) is 9.34. The molecule has 1 saturated carbocycles. The standard InChI is InChI=1S/C13H17BrClFN2O2S/c1-7(8-4-2-3-5-8)18-21(19,20)10-6-9(15)11(14)13(17)12(10)16/h6-8,18H,2-5,17H2,1H3. The number of hydrogen-bond acceptors (Lipinski definition) is 3. The van der Waals surface area contributed by atoms with Crippen molar-refractivity contribution in [1.29, 1.82) is 0 Å². The maximum Gasteiger partial charge on any atom is 0.243 e. The number of benzene rings is 1. The quantitative estimate of drug-likeness (QED) is 0.599. The van der Waals surface area contributed by atoms with E-state index in [4.69, 9.17) is 17.3 Å². The van der Waals surface area contributed by atoms with Crippen LogP contribution in [0.4, 0.5) is 10.1 Å². The van der Waals surface area contributed by atoms with Crippen LogP contribution in [-0.4, -0.2) is 14.5 Å². The summed E-state index contributed by atoms with van der Waals surface area (Å²) in [6.45, 7) is 1.80. The Morgan fingerprint density at radius 3 is 2.62 bits per heavy atom. The molecular weight excluding hydrogens is 383 g/mol. The average molecular weight is 400 g/mol. The van der Waals surface area contributed by atoms with E-state index in [1.807, 2.05) is 0 Å². The van der Waals surface area contributed by atoms with Gasteiger partial charge in [0.1, 0.15) is 4.90 Å². The molecule has 1 aliphatic rings. The molecule has 1 fully saturated rings. The van der Waals surface area contributed by atoms with Crippen molar-refractivity contribution in [3.05, 3.63) is 21.4 Å². The smallest absolute Gasteiger partial charge is 0.243 e. The Hall–Kier alpha value is -0.370. The third-order valence-electron chi connectivity index (χ3n) is 3.89. The van der Waals surface area contributed by atoms with Crippen molar-refractivity contribution in [3.8, 4) is 0 Å². The van der Waals surface area contributed by atoms with Crippen LogP contribution < -0.4 is 10.5 Å². The lowest BCUT2D eigenvalue weighted by atomic mass is 10.0. The first kappa shape index (κ1) is 17.0. The molecule has 1 aromatic rings. The van der Waals surface area contributed by atoms with Crippen LogP contribution in [0.2, 0.25) is 5.02 Å². The summed E-state index contributed by atoms with van der Waals surface area (Å²) in [4.78, 5) is -0.516. The molecule has 21 heavy (non-hydrogen) atoms. The van der Waals surface area contributed by atoms with Crippen molar-refractivity contribution >= 4 is 43.2 Å². The molecule has 1 aromatic carbocycles. The van der Waals surface area contributed by atoms with Gasteiger partial charge in [-0.15, -0.1) is 0 Å². The molecule has 0 heterocycles. The fraction of sp³-hybridized carbons (Fsp3) is 0.538. The molecule has 8 heteroatoms. The fourth-order valence-corrected chi connectivity index (χ4v) is 4.65. The molecule has 118 valence electrons. The van der Waals surface area contributed by atoms with Crippen molar-refractivity contribution in [1.82, 2.24) is 4.72 Å². The number of sulfonamides is 1. The third kappa shape index (κ3) is 3.52. The van der Waals surface area contributed by atoms with Crippen molar-refractivity contribution in [2.75, 3.05) is 5.73 Å². The minimum atomic E-state index is -4.00. The van der Waals surface area contributed by atoms with Gasteiger partial charge in [-0.3, -0.25) is 0 Å². The number of nitrogen functional groups attached to an aromatic ring is 1. The second-order valence-corrected chi connectivity index (χ2v) is 8.24. The lowest BCUT2D eigenvalue weighted by Gasteiger charge is -2.21. The molecule has 4 nitrogen and oxygen atoms in total. The molecule has 1 atom stereocenters. The van der Waals surface area contributed by atoms with Crippen LogP contribution in [0.1, 0.15) is 32.6 Å². The van der Waals surface area contributed by atoms with Crippen molar-refractivity contribution in [2.24, 2.45) is 5.92 Å². The molecule has 1 aliphatic carbocycles. The van der Waals surface area contributed by atoms with Gasteiger partial charge < -0.3 is 5.73 Å². The third-order valence-corrected chi connectivity index (χ3v) is 6.83. The van der Waals surface area contributed by atoms with Gasteiger partial charge in [0.05, 0.1) is 15.2 Å². The molecule has 1 unspecified atom stereocenters. The zero-order valence-electron chi connectivity index (χ0n) is 11.5. The maximum atomic E-state index is 14.1. The highest BCUT2D eigenvalue weighted by Gasteiger charge is 2.29. The van der Waals surface area contributed by atoms with Crippen LogP contribution in [0.3, 0.4) is 0 Å². The average Bonchev–Trinajstić information content (AvgIpc) is 2.94. The summed E-state index contributed by atoms with van der Waals surface area (Å²) in [7, 11) is -4.00. The summed E-state index contributed by atoms with van der Waals surface area (Å²) < 4.78 is 41.5. The Morgan fingerprint density at radius 1 is 1.48 bits per heavy atom. The number of halogens is 3. The van der Waals surface area contributed by atoms with Crippen molar-refractivity contribution in [2.45, 2.75) is 43.5 Å². The van der Waals surface area contributed by atoms with Gasteiger partial charge in [0.2, 0.25) is 10.0 Å². The van der Waals surface area contributed by atoms with Gasteiger partial charge in [0.15, 0.2) is 5.82 Å². The number of nitrogens with two attached hydrogens (primary N) is 1. The van der Waals surface area contributed by atoms with E-state index in [-0.39, 0.29) is 27.1 Å². The van der Waals surface area contributed by atoms with Gasteiger partial charge in [0, 0.05) is 6.04 Å². The van der Waals surface area contributed by atoms with Crippen LogP contribution in [0.15, 0.2) is 15.4 Å². The lowest BCUT2D eigenvalue weighted by Crippen LogP contribution is -2.37. The van der Waals surface area contributed by atoms with E-state index in [0.29, 0.717) is 0 Å². The number of rotatable bonds is 4. The van der Waals surface area contributed by atoms with Crippen molar-refractivity contribution in [3.63, 3.8) is 0 Å². The zero-order valence-corrected chi connectivity index (χ0v) is 14.7. The van der Waals surface area contributed by atoms with Crippen molar-refractivity contribution < 1.29 is 12.8 Å². The highest BCUT2D eigenvalue weighted by molar-refractivity contribution is 9.10. The largest absolute Gasteiger partial charge is 0.395 e. The van der Waals surface area contributed by atoms with E-state index in [1.54, 1.807) is 6.92 Å². The summed E-state index contributed by atoms with van der Waals surface area (Å²) in [5, 5.41) is 0.0581. The van der Waals surface area contributed by atoms with E-state index in [2.05, 4.69) is 20.7 Å². The summed E-state index contributed by atoms with van der Waals surface area (Å²) in [5.41, 5.74) is 5.23. The topological polar surface area (TPSA) is 72.2 Å². The summed E-state index contributed by atoms with van der Waals surface area (Å²) in [5.74, 6) is -0.705. The van der Waals surface area contributed by atoms with Gasteiger partial charge in [-0.25, -0.2) is 17.5 Å². The molecule has 0 radical (unpaired) electrons. The van der Waals surface area contributed by atoms with Crippen LogP contribution in [0.25, 0.3) is 0 Å². The predicted octanol–water partition coefficient (Wildman–Crippen LogP) is 3.68. The van der Waals surface area contributed by atoms with Gasteiger partial charge in [-0.2, -0.15) is 0 Å². The molecule has 0 aliphatic heterocycles. The minimum absolute atomic E-state index is 0.0581. The zero-order chi connectivity index (χ0) is 15.8. The highest BCUT2D eigenvalue weighted by Crippen LogP contribution is 2.35. The molecule has 0 spiro atoms. The minimum Gasteiger partial charge on any atom is -0.395 e. The number of hydrogen-bond donors (Lipinski definition) is 2. The fourth-order valence-electron chi connectivity index (χ4n) is 2.66. The molecule has 0 aromatic heterocycles. The van der Waals surface area contributed by atoms with E-state index in [9.17, 15) is 12.8 Å². The molecular formula is C13H17BrClFN2O2S. The maximum absolute atomic E-state index is 14.1. The van der Waals surface area contributed by atoms with E-state index in [0.717, 1.165) is 31.7 Å². The highest BCUT2D eigenvalue weighted by atomic mass is 79.9. The summed E-state index contributed by atoms with van der Waals surface area (Å²) in [6, 6.07) is 0.821. The first-order chi connectivity index (χ1) is 9.74. The van der Waals surface area contributed by atoms with Crippen LogP contribution in [-0.2, 0) is 10.0 Å². The van der Waals surface area contributed by atoms with Crippen LogP contribution >= 0.6 is 27.5 Å². The second-order valence-electron chi connectivity index (χ2n) is 5.35. The van der Waals surface area contributed by atoms with Gasteiger partial charge >= 0.3 is 0 Å². The lowest BCUT2D eigenvalue weighted by molar-refractivity contribution is 0.423. The second kappa shape index (κ2) is 6.40. The molecule has 0 amide bonds. The monoisotopic (exact) mass is 398 g/mol. The Labute approximate surface area is 137 Å². The van der Waals surface area contributed by atoms with E-state index < -0.39 is 20.7 Å². The number of anilines is 1. The first-order valence-electron chi connectivity index (χ1n) is 6.69. The Kier molecular flexibility index (Phi) is 5.18. The van der Waals surface area contributed by atoms with Gasteiger partial charge in [-0.1, -0.05) is 24.4 Å². The van der Waals surface area contributed by atoms with Gasteiger partial charge in [0.25, 0.3) is 0 Å². The predicted molar refractivity (Wildman–Crippen MR) is 85.3 cm³/mol. The molecule has 2 rings (SSSR count).